The van der Waals surface area contributed by atoms with Gasteiger partial charge in [0.05, 0.1) is 30.7 Å². The van der Waals surface area contributed by atoms with Crippen molar-refractivity contribution in [1.29, 1.82) is 0 Å². The molecule has 0 radical (unpaired) electrons. The molecule has 104 valence electrons. The Morgan fingerprint density at radius 3 is 1.85 bits per heavy atom. The molecule has 0 fully saturated rings. The lowest BCUT2D eigenvalue weighted by Crippen LogP contribution is -1.94. The van der Waals surface area contributed by atoms with Crippen LogP contribution in [-0.4, -0.2) is 6.29 Å². The van der Waals surface area contributed by atoms with Crippen LogP contribution in [0.1, 0.15) is 10.4 Å². The largest absolute Gasteiger partial charge is 0.298 e. The highest BCUT2D eigenvalue weighted by atomic mass is 35.5. The number of rotatable bonds is 2. The van der Waals surface area contributed by atoms with Crippen LogP contribution in [-0.2, 0) is 0 Å². The molecule has 20 heavy (non-hydrogen) atoms. The molecule has 0 spiro atoms. The summed E-state index contributed by atoms with van der Waals surface area (Å²) in [6.45, 7) is 0. The first-order chi connectivity index (χ1) is 9.40. The van der Waals surface area contributed by atoms with Crippen LogP contribution in [0.3, 0.4) is 0 Å². The van der Waals surface area contributed by atoms with Crippen molar-refractivity contribution in [3.05, 3.63) is 54.7 Å². The highest BCUT2D eigenvalue weighted by molar-refractivity contribution is 6.56. The molecule has 0 bridgehead atoms. The average molecular weight is 372 g/mol. The molecule has 0 unspecified atom stereocenters. The van der Waals surface area contributed by atoms with Crippen molar-refractivity contribution in [2.75, 3.05) is 0 Å². The molecule has 0 aliphatic carbocycles. The first kappa shape index (κ1) is 15.9. The van der Waals surface area contributed by atoms with Crippen molar-refractivity contribution in [3.8, 4) is 11.1 Å². The lowest BCUT2D eigenvalue weighted by molar-refractivity contribution is 0.112. The fourth-order valence-electron chi connectivity index (χ4n) is 1.68. The van der Waals surface area contributed by atoms with Gasteiger partial charge in [0.1, 0.15) is 5.82 Å². The van der Waals surface area contributed by atoms with Crippen molar-refractivity contribution in [3.63, 3.8) is 0 Å². The molecule has 0 saturated carbocycles. The van der Waals surface area contributed by atoms with E-state index in [9.17, 15) is 9.18 Å². The lowest BCUT2D eigenvalue weighted by atomic mass is 10.0. The van der Waals surface area contributed by atoms with Gasteiger partial charge in [-0.25, -0.2) is 4.39 Å². The number of benzene rings is 2. The van der Waals surface area contributed by atoms with Crippen LogP contribution in [0, 0.1) is 5.82 Å². The van der Waals surface area contributed by atoms with E-state index in [1.807, 2.05) is 0 Å². The molecule has 0 heterocycles. The number of carbonyl (C=O) groups is 1. The van der Waals surface area contributed by atoms with Crippen LogP contribution in [0.5, 0.6) is 0 Å². The van der Waals surface area contributed by atoms with Gasteiger partial charge in [0.2, 0.25) is 0 Å². The number of halogens is 6. The SMILES string of the molecule is O=Cc1cccc(-c2c(Cl)c(Cl)c(Cl)c(Cl)c2Cl)c1F. The minimum Gasteiger partial charge on any atom is -0.298 e. The second-order valence-corrected chi connectivity index (χ2v) is 5.66. The predicted molar refractivity (Wildman–Crippen MR) is 82.3 cm³/mol. The van der Waals surface area contributed by atoms with Crippen LogP contribution < -0.4 is 0 Å². The van der Waals surface area contributed by atoms with E-state index in [4.69, 9.17) is 58.0 Å². The Morgan fingerprint density at radius 2 is 1.35 bits per heavy atom. The first-order valence-corrected chi connectivity index (χ1v) is 7.04. The van der Waals surface area contributed by atoms with E-state index in [1.165, 1.54) is 18.2 Å². The van der Waals surface area contributed by atoms with Crippen molar-refractivity contribution in [2.24, 2.45) is 0 Å². The van der Waals surface area contributed by atoms with E-state index in [0.29, 0.717) is 6.29 Å². The third-order valence-corrected chi connectivity index (χ3v) is 4.91. The van der Waals surface area contributed by atoms with Crippen LogP contribution in [0.15, 0.2) is 18.2 Å². The van der Waals surface area contributed by atoms with E-state index >= 15 is 0 Å². The molecule has 0 aliphatic heterocycles. The Hall–Kier alpha value is -0.510. The number of aldehydes is 1. The third-order valence-electron chi connectivity index (χ3n) is 2.63. The van der Waals surface area contributed by atoms with Crippen LogP contribution in [0.2, 0.25) is 25.1 Å². The second kappa shape index (κ2) is 6.08. The van der Waals surface area contributed by atoms with Gasteiger partial charge < -0.3 is 0 Å². The summed E-state index contributed by atoms with van der Waals surface area (Å²) in [5, 5.41) is -0.151. The van der Waals surface area contributed by atoms with Gasteiger partial charge in [0.15, 0.2) is 6.29 Å². The van der Waals surface area contributed by atoms with Crippen LogP contribution in [0.25, 0.3) is 11.1 Å². The standard InChI is InChI=1S/C13H4Cl5FO/c14-8-7(9(15)11(17)12(18)10(8)16)6-3-1-2-5(4-20)13(6)19/h1-4H. The predicted octanol–water partition coefficient (Wildman–Crippen LogP) is 6.57. The highest BCUT2D eigenvalue weighted by Gasteiger charge is 2.23. The van der Waals surface area contributed by atoms with Gasteiger partial charge in [-0.05, 0) is 6.07 Å². The van der Waals surface area contributed by atoms with Crippen molar-refractivity contribution < 1.29 is 9.18 Å². The summed E-state index contributed by atoms with van der Waals surface area (Å²) < 4.78 is 14.2. The Morgan fingerprint density at radius 1 is 0.850 bits per heavy atom. The smallest absolute Gasteiger partial charge is 0.153 e. The molecule has 0 aliphatic rings. The lowest BCUT2D eigenvalue weighted by Gasteiger charge is -2.13. The minimum absolute atomic E-state index is 0.0148. The zero-order valence-electron chi connectivity index (χ0n) is 9.49. The Bertz CT molecular complexity index is 685. The summed E-state index contributed by atoms with van der Waals surface area (Å²) in [5.74, 6) is -0.763. The molecule has 1 nitrogen and oxygen atoms in total. The average Bonchev–Trinajstić information content (AvgIpc) is 2.45. The Labute approximate surface area is 139 Å². The quantitative estimate of drug-likeness (QED) is 0.331. The zero-order valence-corrected chi connectivity index (χ0v) is 13.3. The maximum absolute atomic E-state index is 14.2. The summed E-state index contributed by atoms with van der Waals surface area (Å²) in [4.78, 5) is 10.8. The second-order valence-electron chi connectivity index (χ2n) is 3.77. The molecule has 0 atom stereocenters. The fourth-order valence-corrected chi connectivity index (χ4v) is 3.02. The van der Waals surface area contributed by atoms with Crippen molar-refractivity contribution in [2.45, 2.75) is 0 Å². The molecule has 0 saturated heterocycles. The zero-order chi connectivity index (χ0) is 15.0. The first-order valence-electron chi connectivity index (χ1n) is 5.15. The topological polar surface area (TPSA) is 17.1 Å². The normalized spacial score (nSPS) is 10.7. The van der Waals surface area contributed by atoms with Gasteiger partial charge >= 0.3 is 0 Å². The molecule has 7 heteroatoms. The minimum atomic E-state index is -0.763. The van der Waals surface area contributed by atoms with E-state index in [1.54, 1.807) is 0 Å². The Balaban J connectivity index is 2.87. The summed E-state index contributed by atoms with van der Waals surface area (Å²) in [6.07, 6.45) is 0.389. The molecule has 0 amide bonds. The number of hydrogen-bond donors (Lipinski definition) is 0. The van der Waals surface area contributed by atoms with E-state index in [-0.39, 0.29) is 41.8 Å². The van der Waals surface area contributed by atoms with Gasteiger partial charge in [-0.15, -0.1) is 0 Å². The van der Waals surface area contributed by atoms with E-state index in [2.05, 4.69) is 0 Å². The van der Waals surface area contributed by atoms with Gasteiger partial charge in [0.25, 0.3) is 0 Å². The fraction of sp³-hybridized carbons (Fsp3) is 0. The maximum Gasteiger partial charge on any atom is 0.153 e. The molecule has 2 aromatic rings. The van der Waals surface area contributed by atoms with Crippen molar-refractivity contribution >= 4 is 64.3 Å². The highest BCUT2D eigenvalue weighted by Crippen LogP contribution is 2.48. The summed E-state index contributed by atoms with van der Waals surface area (Å²) in [7, 11) is 0. The van der Waals surface area contributed by atoms with Crippen LogP contribution in [0.4, 0.5) is 4.39 Å². The summed E-state index contributed by atoms with van der Waals surface area (Å²) >= 11 is 29.9. The van der Waals surface area contributed by atoms with Crippen molar-refractivity contribution in [1.82, 2.24) is 0 Å². The molecular formula is C13H4Cl5FO. The van der Waals surface area contributed by atoms with Gasteiger partial charge in [-0.1, -0.05) is 70.1 Å². The molecule has 0 N–H and O–H groups in total. The summed E-state index contributed by atoms with van der Waals surface area (Å²) in [5.41, 5.74) is -0.0178. The van der Waals surface area contributed by atoms with E-state index in [0.717, 1.165) is 0 Å². The monoisotopic (exact) mass is 370 g/mol. The van der Waals surface area contributed by atoms with E-state index < -0.39 is 5.82 Å². The third kappa shape index (κ3) is 2.51. The summed E-state index contributed by atoms with van der Waals surface area (Å²) in [6, 6.07) is 4.23. The van der Waals surface area contributed by atoms with Gasteiger partial charge in [-0.2, -0.15) is 0 Å². The van der Waals surface area contributed by atoms with Gasteiger partial charge in [0, 0.05) is 11.1 Å². The molecule has 0 aromatic heterocycles. The Kier molecular flexibility index (Phi) is 4.83. The molecule has 2 aromatic carbocycles. The number of carbonyl (C=O) groups excluding carboxylic acids is 1. The number of hydrogen-bond acceptors (Lipinski definition) is 1. The molecular weight excluding hydrogens is 368 g/mol. The van der Waals surface area contributed by atoms with Gasteiger partial charge in [-0.3, -0.25) is 4.79 Å². The van der Waals surface area contributed by atoms with Crippen LogP contribution >= 0.6 is 58.0 Å². The maximum atomic E-state index is 14.2. The molecule has 2 rings (SSSR count).